The SMILES string of the molecule is CCCNCCn1nnnc1SCCc1cccnc1. The van der Waals surface area contributed by atoms with Gasteiger partial charge in [-0.3, -0.25) is 4.98 Å². The largest absolute Gasteiger partial charge is 0.315 e. The molecule has 2 aromatic rings. The van der Waals surface area contributed by atoms with Crippen LogP contribution in [-0.2, 0) is 13.0 Å². The van der Waals surface area contributed by atoms with Gasteiger partial charge in [-0.2, -0.15) is 0 Å². The highest BCUT2D eigenvalue weighted by Gasteiger charge is 2.06. The lowest BCUT2D eigenvalue weighted by Crippen LogP contribution is -2.21. The van der Waals surface area contributed by atoms with Crippen LogP contribution in [0, 0.1) is 0 Å². The summed E-state index contributed by atoms with van der Waals surface area (Å²) in [5.74, 6) is 0.953. The zero-order valence-electron chi connectivity index (χ0n) is 11.7. The van der Waals surface area contributed by atoms with Gasteiger partial charge in [0.15, 0.2) is 0 Å². The molecule has 2 rings (SSSR count). The summed E-state index contributed by atoms with van der Waals surface area (Å²) in [4.78, 5) is 4.11. The highest BCUT2D eigenvalue weighted by Crippen LogP contribution is 2.15. The van der Waals surface area contributed by atoms with E-state index < -0.39 is 0 Å². The maximum atomic E-state index is 4.11. The summed E-state index contributed by atoms with van der Waals surface area (Å²) >= 11 is 1.68. The van der Waals surface area contributed by atoms with Gasteiger partial charge in [-0.05, 0) is 41.4 Å². The first kappa shape index (κ1) is 14.9. The van der Waals surface area contributed by atoms with Gasteiger partial charge in [-0.25, -0.2) is 4.68 Å². The minimum atomic E-state index is 0.808. The first-order valence-corrected chi connectivity index (χ1v) is 7.87. The van der Waals surface area contributed by atoms with E-state index in [0.29, 0.717) is 0 Å². The Labute approximate surface area is 123 Å². The monoisotopic (exact) mass is 292 g/mol. The van der Waals surface area contributed by atoms with Crippen LogP contribution in [0.4, 0.5) is 0 Å². The van der Waals surface area contributed by atoms with Crippen LogP contribution in [0.25, 0.3) is 0 Å². The van der Waals surface area contributed by atoms with Crippen molar-refractivity contribution in [1.29, 1.82) is 0 Å². The molecule has 0 unspecified atom stereocenters. The van der Waals surface area contributed by atoms with Crippen molar-refractivity contribution in [3.63, 3.8) is 0 Å². The van der Waals surface area contributed by atoms with Crippen LogP contribution in [0.3, 0.4) is 0 Å². The van der Waals surface area contributed by atoms with Crippen molar-refractivity contribution in [3.05, 3.63) is 30.1 Å². The van der Waals surface area contributed by atoms with Gasteiger partial charge in [-0.15, -0.1) is 5.10 Å². The van der Waals surface area contributed by atoms with Gasteiger partial charge < -0.3 is 5.32 Å². The van der Waals surface area contributed by atoms with Crippen molar-refractivity contribution < 1.29 is 0 Å². The van der Waals surface area contributed by atoms with Crippen LogP contribution in [0.15, 0.2) is 29.7 Å². The smallest absolute Gasteiger partial charge is 0.209 e. The lowest BCUT2D eigenvalue weighted by atomic mass is 10.2. The number of thioether (sulfide) groups is 1. The van der Waals surface area contributed by atoms with E-state index in [1.807, 2.05) is 16.9 Å². The molecule has 2 aromatic heterocycles. The van der Waals surface area contributed by atoms with E-state index in [-0.39, 0.29) is 0 Å². The van der Waals surface area contributed by atoms with Crippen molar-refractivity contribution in [2.24, 2.45) is 0 Å². The van der Waals surface area contributed by atoms with Crippen LogP contribution >= 0.6 is 11.8 Å². The maximum Gasteiger partial charge on any atom is 0.209 e. The average Bonchev–Trinajstić information content (AvgIpc) is 2.92. The second-order valence-corrected chi connectivity index (χ2v) is 5.46. The summed E-state index contributed by atoms with van der Waals surface area (Å²) in [5.41, 5.74) is 1.24. The summed E-state index contributed by atoms with van der Waals surface area (Å²) in [6.07, 6.45) is 5.81. The molecule has 2 heterocycles. The Bertz CT molecular complexity index is 487. The highest BCUT2D eigenvalue weighted by atomic mass is 32.2. The third-order valence-corrected chi connectivity index (χ3v) is 3.73. The number of nitrogens with zero attached hydrogens (tertiary/aromatic N) is 5. The van der Waals surface area contributed by atoms with E-state index >= 15 is 0 Å². The zero-order chi connectivity index (χ0) is 14.0. The molecule has 0 aliphatic heterocycles. The number of nitrogens with one attached hydrogen (secondary N) is 1. The number of rotatable bonds is 9. The van der Waals surface area contributed by atoms with Gasteiger partial charge in [0, 0.05) is 24.7 Å². The Morgan fingerprint density at radius 3 is 3.10 bits per heavy atom. The van der Waals surface area contributed by atoms with Crippen LogP contribution < -0.4 is 5.32 Å². The van der Waals surface area contributed by atoms with Crippen molar-refractivity contribution in [2.75, 3.05) is 18.8 Å². The molecule has 0 amide bonds. The number of aryl methyl sites for hydroxylation is 1. The topological polar surface area (TPSA) is 68.5 Å². The Morgan fingerprint density at radius 1 is 1.35 bits per heavy atom. The summed E-state index contributed by atoms with van der Waals surface area (Å²) in [7, 11) is 0. The molecule has 108 valence electrons. The third-order valence-electron chi connectivity index (χ3n) is 2.77. The van der Waals surface area contributed by atoms with E-state index in [0.717, 1.165) is 43.4 Å². The summed E-state index contributed by atoms with van der Waals surface area (Å²) in [5, 5.41) is 16.1. The summed E-state index contributed by atoms with van der Waals surface area (Å²) in [6, 6.07) is 4.05. The lowest BCUT2D eigenvalue weighted by Gasteiger charge is -2.05. The molecular formula is C13H20N6S. The number of hydrogen-bond acceptors (Lipinski definition) is 6. The van der Waals surface area contributed by atoms with E-state index in [4.69, 9.17) is 0 Å². The summed E-state index contributed by atoms with van der Waals surface area (Å²) < 4.78 is 1.86. The molecule has 0 aliphatic carbocycles. The van der Waals surface area contributed by atoms with Crippen molar-refractivity contribution in [3.8, 4) is 0 Å². The standard InChI is InChI=1S/C13H20N6S/c1-2-6-14-8-9-19-13(16-17-18-19)20-10-5-12-4-3-7-15-11-12/h3-4,7,11,14H,2,5-6,8-10H2,1H3. The fourth-order valence-corrected chi connectivity index (χ4v) is 2.62. The molecule has 1 N–H and O–H groups in total. The molecule has 0 aliphatic rings. The second kappa shape index (κ2) is 8.65. The van der Waals surface area contributed by atoms with E-state index in [9.17, 15) is 0 Å². The quantitative estimate of drug-likeness (QED) is 0.556. The Kier molecular flexibility index (Phi) is 6.46. The van der Waals surface area contributed by atoms with Crippen molar-refractivity contribution in [2.45, 2.75) is 31.5 Å². The fraction of sp³-hybridized carbons (Fsp3) is 0.538. The van der Waals surface area contributed by atoms with Gasteiger partial charge in [-0.1, -0.05) is 24.8 Å². The first-order chi connectivity index (χ1) is 9.90. The zero-order valence-corrected chi connectivity index (χ0v) is 12.5. The van der Waals surface area contributed by atoms with Crippen molar-refractivity contribution >= 4 is 11.8 Å². The van der Waals surface area contributed by atoms with Gasteiger partial charge in [0.1, 0.15) is 0 Å². The van der Waals surface area contributed by atoms with E-state index in [2.05, 4.69) is 38.8 Å². The summed E-state index contributed by atoms with van der Waals surface area (Å²) in [6.45, 7) is 4.90. The molecular weight excluding hydrogens is 272 g/mol. The predicted molar refractivity (Wildman–Crippen MR) is 79.6 cm³/mol. The Balaban J connectivity index is 1.74. The van der Waals surface area contributed by atoms with Crippen molar-refractivity contribution in [1.82, 2.24) is 30.5 Å². The van der Waals surface area contributed by atoms with Crippen LogP contribution in [0.1, 0.15) is 18.9 Å². The molecule has 0 aromatic carbocycles. The maximum absolute atomic E-state index is 4.11. The lowest BCUT2D eigenvalue weighted by molar-refractivity contribution is 0.510. The second-order valence-electron chi connectivity index (χ2n) is 4.39. The molecule has 0 fully saturated rings. The molecule has 0 bridgehead atoms. The average molecular weight is 292 g/mol. The van der Waals surface area contributed by atoms with Gasteiger partial charge in [0.25, 0.3) is 0 Å². The van der Waals surface area contributed by atoms with Crippen LogP contribution in [0.2, 0.25) is 0 Å². The minimum absolute atomic E-state index is 0.808. The van der Waals surface area contributed by atoms with Crippen LogP contribution in [-0.4, -0.2) is 44.0 Å². The fourth-order valence-electron chi connectivity index (χ4n) is 1.73. The molecule has 0 saturated carbocycles. The molecule has 20 heavy (non-hydrogen) atoms. The normalized spacial score (nSPS) is 10.8. The molecule has 0 radical (unpaired) electrons. The van der Waals surface area contributed by atoms with Gasteiger partial charge >= 0.3 is 0 Å². The predicted octanol–water partition coefficient (Wildman–Crippen LogP) is 1.40. The van der Waals surface area contributed by atoms with E-state index in [1.165, 1.54) is 5.56 Å². The van der Waals surface area contributed by atoms with E-state index in [1.54, 1.807) is 18.0 Å². The van der Waals surface area contributed by atoms with Gasteiger partial charge in [0.05, 0.1) is 6.54 Å². The molecule has 0 saturated heterocycles. The number of aromatic nitrogens is 5. The number of pyridine rings is 1. The Hall–Kier alpha value is -1.47. The first-order valence-electron chi connectivity index (χ1n) is 6.88. The highest BCUT2D eigenvalue weighted by molar-refractivity contribution is 7.99. The minimum Gasteiger partial charge on any atom is -0.315 e. The molecule has 6 nitrogen and oxygen atoms in total. The third kappa shape index (κ3) is 4.90. The van der Waals surface area contributed by atoms with Gasteiger partial charge in [0.2, 0.25) is 5.16 Å². The molecule has 0 atom stereocenters. The molecule has 0 spiro atoms. The number of hydrogen-bond donors (Lipinski definition) is 1. The Morgan fingerprint density at radius 2 is 2.30 bits per heavy atom. The van der Waals surface area contributed by atoms with Crippen LogP contribution in [0.5, 0.6) is 0 Å². The number of tetrazole rings is 1. The molecule has 7 heteroatoms.